The first-order chi connectivity index (χ1) is 12.0. The van der Waals surface area contributed by atoms with E-state index in [9.17, 15) is 14.7 Å². The van der Waals surface area contributed by atoms with Crippen LogP contribution in [0.2, 0.25) is 0 Å². The number of amides is 1. The smallest absolute Gasteiger partial charge is 0.303 e. The number of aliphatic hydroxyl groups excluding tert-OH is 1. The summed E-state index contributed by atoms with van der Waals surface area (Å²) in [5.74, 6) is 0.0763. The van der Waals surface area contributed by atoms with Crippen LogP contribution >= 0.6 is 0 Å². The van der Waals surface area contributed by atoms with Crippen molar-refractivity contribution >= 4 is 11.9 Å². The first-order valence-electron chi connectivity index (χ1n) is 9.55. The molecule has 1 amide bonds. The van der Waals surface area contributed by atoms with E-state index in [0.717, 1.165) is 32.1 Å². The maximum absolute atomic E-state index is 12.6. The summed E-state index contributed by atoms with van der Waals surface area (Å²) in [6, 6.07) is 0. The SMILES string of the molecule is CCCCC(O)CNC(=O)C1C2C=CC(C2)C1C=CCCCC(=O)O. The number of carbonyl (C=O) groups is 2. The third-order valence-electron chi connectivity index (χ3n) is 5.35. The standard InChI is InChI=1S/C20H31NO4/c1-2-3-7-16(22)13-21-20(25)19-15-11-10-14(12-15)17(19)8-5-4-6-9-18(23)24/h5,8,10-11,14-17,19,22H,2-4,6-7,9,12-13H2,1H3,(H,21,25)(H,23,24). The lowest BCUT2D eigenvalue weighted by molar-refractivity contribution is -0.137. The number of unbranched alkanes of at least 4 members (excludes halogenated alkanes) is 2. The normalized spacial score (nSPS) is 28.6. The Balaban J connectivity index is 1.84. The Morgan fingerprint density at radius 1 is 1.28 bits per heavy atom. The third-order valence-corrected chi connectivity index (χ3v) is 5.35. The molecule has 5 heteroatoms. The van der Waals surface area contributed by atoms with Crippen molar-refractivity contribution in [1.29, 1.82) is 0 Å². The van der Waals surface area contributed by atoms with Crippen LogP contribution in [0.5, 0.6) is 0 Å². The van der Waals surface area contributed by atoms with Gasteiger partial charge in [0.2, 0.25) is 5.91 Å². The molecule has 5 nitrogen and oxygen atoms in total. The van der Waals surface area contributed by atoms with E-state index in [1.807, 2.05) is 6.08 Å². The molecule has 0 aliphatic heterocycles. The average Bonchev–Trinajstić information content (AvgIpc) is 3.18. The van der Waals surface area contributed by atoms with Crippen molar-refractivity contribution in [1.82, 2.24) is 5.32 Å². The van der Waals surface area contributed by atoms with Gasteiger partial charge in [0.05, 0.1) is 12.0 Å². The number of aliphatic carboxylic acids is 1. The zero-order chi connectivity index (χ0) is 18.2. The van der Waals surface area contributed by atoms with Crippen molar-refractivity contribution in [2.75, 3.05) is 6.54 Å². The Morgan fingerprint density at radius 2 is 2.04 bits per heavy atom. The molecule has 2 aliphatic rings. The molecule has 2 rings (SSSR count). The molecule has 1 fully saturated rings. The number of carboxylic acid groups (broad SMARTS) is 1. The number of allylic oxidation sites excluding steroid dienone is 4. The van der Waals surface area contributed by atoms with E-state index >= 15 is 0 Å². The molecule has 0 spiro atoms. The number of rotatable bonds is 11. The van der Waals surface area contributed by atoms with Crippen LogP contribution in [0.25, 0.3) is 0 Å². The number of hydrogen-bond acceptors (Lipinski definition) is 3. The van der Waals surface area contributed by atoms with Gasteiger partial charge in [-0.3, -0.25) is 9.59 Å². The van der Waals surface area contributed by atoms with Crippen LogP contribution in [-0.2, 0) is 9.59 Å². The van der Waals surface area contributed by atoms with E-state index in [0.29, 0.717) is 18.9 Å². The molecule has 0 heterocycles. The fraction of sp³-hybridized carbons (Fsp3) is 0.700. The van der Waals surface area contributed by atoms with Crippen molar-refractivity contribution in [2.24, 2.45) is 23.7 Å². The van der Waals surface area contributed by atoms with Gasteiger partial charge < -0.3 is 15.5 Å². The van der Waals surface area contributed by atoms with Gasteiger partial charge in [0.15, 0.2) is 0 Å². The highest BCUT2D eigenvalue weighted by atomic mass is 16.4. The maximum atomic E-state index is 12.6. The number of nitrogens with one attached hydrogen (secondary N) is 1. The summed E-state index contributed by atoms with van der Waals surface area (Å²) < 4.78 is 0. The molecular formula is C20H31NO4. The number of carbonyl (C=O) groups excluding carboxylic acids is 1. The zero-order valence-electron chi connectivity index (χ0n) is 15.1. The predicted molar refractivity (Wildman–Crippen MR) is 96.9 cm³/mol. The molecule has 25 heavy (non-hydrogen) atoms. The Morgan fingerprint density at radius 3 is 2.76 bits per heavy atom. The molecule has 0 aromatic carbocycles. The lowest BCUT2D eigenvalue weighted by Crippen LogP contribution is -2.40. The fourth-order valence-corrected chi connectivity index (χ4v) is 3.99. The quantitative estimate of drug-likeness (QED) is 0.395. The zero-order valence-corrected chi connectivity index (χ0v) is 15.1. The molecule has 0 aromatic heterocycles. The second-order valence-electron chi connectivity index (χ2n) is 7.31. The van der Waals surface area contributed by atoms with E-state index < -0.39 is 12.1 Å². The molecule has 5 atom stereocenters. The largest absolute Gasteiger partial charge is 0.481 e. The first-order valence-corrected chi connectivity index (χ1v) is 9.55. The molecular weight excluding hydrogens is 318 g/mol. The highest BCUT2D eigenvalue weighted by Crippen LogP contribution is 2.48. The van der Waals surface area contributed by atoms with Gasteiger partial charge in [0.25, 0.3) is 0 Å². The van der Waals surface area contributed by atoms with Gasteiger partial charge in [0, 0.05) is 13.0 Å². The average molecular weight is 349 g/mol. The third kappa shape index (κ3) is 5.70. The second kappa shape index (κ2) is 9.76. The minimum atomic E-state index is -0.768. The highest BCUT2D eigenvalue weighted by molar-refractivity contribution is 5.80. The highest BCUT2D eigenvalue weighted by Gasteiger charge is 2.46. The lowest BCUT2D eigenvalue weighted by atomic mass is 9.82. The summed E-state index contributed by atoms with van der Waals surface area (Å²) in [6.07, 6.45) is 13.3. The van der Waals surface area contributed by atoms with Crippen LogP contribution in [0.1, 0.15) is 51.9 Å². The second-order valence-corrected chi connectivity index (χ2v) is 7.31. The minimum Gasteiger partial charge on any atom is -0.481 e. The molecule has 0 aromatic rings. The molecule has 1 saturated carbocycles. The number of aliphatic hydroxyl groups is 1. The summed E-state index contributed by atoms with van der Waals surface area (Å²) in [6.45, 7) is 2.41. The van der Waals surface area contributed by atoms with Crippen LogP contribution in [0.15, 0.2) is 24.3 Å². The maximum Gasteiger partial charge on any atom is 0.303 e. The van der Waals surface area contributed by atoms with Crippen LogP contribution < -0.4 is 5.32 Å². The van der Waals surface area contributed by atoms with Gasteiger partial charge in [-0.2, -0.15) is 0 Å². The summed E-state index contributed by atoms with van der Waals surface area (Å²) in [4.78, 5) is 23.2. The Bertz CT molecular complexity index is 514. The van der Waals surface area contributed by atoms with E-state index in [2.05, 4.69) is 30.5 Å². The molecule has 2 aliphatic carbocycles. The minimum absolute atomic E-state index is 0.0348. The topological polar surface area (TPSA) is 86.6 Å². The first kappa shape index (κ1) is 19.7. The Labute approximate surface area is 150 Å². The van der Waals surface area contributed by atoms with E-state index in [4.69, 9.17) is 5.11 Å². The van der Waals surface area contributed by atoms with Gasteiger partial charge in [-0.05, 0) is 43.4 Å². The summed E-state index contributed by atoms with van der Waals surface area (Å²) in [5, 5.41) is 21.5. The Kier molecular flexibility index (Phi) is 7.69. The molecule has 0 radical (unpaired) electrons. The molecule has 5 unspecified atom stereocenters. The summed E-state index contributed by atoms with van der Waals surface area (Å²) in [5.41, 5.74) is 0. The summed E-state index contributed by atoms with van der Waals surface area (Å²) in [7, 11) is 0. The van der Waals surface area contributed by atoms with Crippen LogP contribution in [-0.4, -0.2) is 34.7 Å². The lowest BCUT2D eigenvalue weighted by Gasteiger charge is -2.25. The molecule has 3 N–H and O–H groups in total. The number of fused-ring (bicyclic) bond motifs is 2. The fourth-order valence-electron chi connectivity index (χ4n) is 3.99. The van der Waals surface area contributed by atoms with Gasteiger partial charge in [-0.25, -0.2) is 0 Å². The monoisotopic (exact) mass is 349 g/mol. The van der Waals surface area contributed by atoms with E-state index in [-0.39, 0.29) is 30.1 Å². The van der Waals surface area contributed by atoms with Crippen molar-refractivity contribution in [3.63, 3.8) is 0 Å². The molecule has 2 bridgehead atoms. The van der Waals surface area contributed by atoms with Crippen molar-refractivity contribution in [3.8, 4) is 0 Å². The van der Waals surface area contributed by atoms with Gasteiger partial charge in [0.1, 0.15) is 0 Å². The molecule has 0 saturated heterocycles. The number of hydrogen-bond donors (Lipinski definition) is 3. The van der Waals surface area contributed by atoms with E-state index in [1.165, 1.54) is 0 Å². The predicted octanol–water partition coefficient (Wildman–Crippen LogP) is 2.90. The van der Waals surface area contributed by atoms with Gasteiger partial charge in [-0.15, -0.1) is 0 Å². The van der Waals surface area contributed by atoms with Gasteiger partial charge >= 0.3 is 5.97 Å². The van der Waals surface area contributed by atoms with Crippen molar-refractivity contribution < 1.29 is 19.8 Å². The van der Waals surface area contributed by atoms with Crippen molar-refractivity contribution in [2.45, 2.75) is 58.0 Å². The Hall–Kier alpha value is -1.62. The van der Waals surface area contributed by atoms with Crippen LogP contribution in [0.3, 0.4) is 0 Å². The summed E-state index contributed by atoms with van der Waals surface area (Å²) >= 11 is 0. The van der Waals surface area contributed by atoms with E-state index in [1.54, 1.807) is 0 Å². The van der Waals surface area contributed by atoms with Crippen LogP contribution in [0.4, 0.5) is 0 Å². The molecule has 140 valence electrons. The number of carboxylic acids is 1. The van der Waals surface area contributed by atoms with Crippen molar-refractivity contribution in [3.05, 3.63) is 24.3 Å². The van der Waals surface area contributed by atoms with Gasteiger partial charge in [-0.1, -0.05) is 44.1 Å². The van der Waals surface area contributed by atoms with Crippen LogP contribution in [0, 0.1) is 23.7 Å².